The summed E-state index contributed by atoms with van der Waals surface area (Å²) in [5.74, 6) is 0.359. The van der Waals surface area contributed by atoms with Crippen molar-refractivity contribution in [2.45, 2.75) is 32.7 Å². The molecular formula is C8H19NO. The molecule has 0 aromatic heterocycles. The van der Waals surface area contributed by atoms with Crippen LogP contribution < -0.4 is 5.32 Å². The number of hydrogen-bond acceptors (Lipinski definition) is 2. The second kappa shape index (κ2) is 3.94. The Hall–Kier alpha value is -0.0800. The van der Waals surface area contributed by atoms with Gasteiger partial charge in [0.1, 0.15) is 0 Å². The minimum Gasteiger partial charge on any atom is -0.396 e. The molecule has 0 aromatic rings. The lowest BCUT2D eigenvalue weighted by molar-refractivity contribution is 0.147. The van der Waals surface area contributed by atoms with E-state index in [0.29, 0.717) is 5.92 Å². The van der Waals surface area contributed by atoms with E-state index in [1.807, 2.05) is 7.05 Å². The van der Waals surface area contributed by atoms with Crippen LogP contribution in [-0.4, -0.2) is 24.3 Å². The molecule has 0 aromatic carbocycles. The SMILES string of the molecule is CCC(CO)C(C)(C)NC. The van der Waals surface area contributed by atoms with Crippen molar-refractivity contribution in [3.8, 4) is 0 Å². The number of nitrogens with one attached hydrogen (secondary N) is 1. The maximum atomic E-state index is 8.95. The summed E-state index contributed by atoms with van der Waals surface area (Å²) in [5, 5.41) is 12.1. The van der Waals surface area contributed by atoms with Gasteiger partial charge in [0.25, 0.3) is 0 Å². The molecule has 0 saturated heterocycles. The van der Waals surface area contributed by atoms with Crippen LogP contribution in [0.2, 0.25) is 0 Å². The van der Waals surface area contributed by atoms with E-state index in [2.05, 4.69) is 26.1 Å². The molecule has 0 spiro atoms. The highest BCUT2D eigenvalue weighted by Crippen LogP contribution is 2.18. The molecule has 0 bridgehead atoms. The predicted octanol–water partition coefficient (Wildman–Crippen LogP) is 1.00. The third kappa shape index (κ3) is 2.27. The molecule has 2 heteroatoms. The second-order valence-electron chi connectivity index (χ2n) is 3.26. The molecule has 10 heavy (non-hydrogen) atoms. The molecule has 0 aliphatic heterocycles. The Bertz CT molecular complexity index is 87.3. The number of aliphatic hydroxyl groups excluding tert-OH is 1. The molecule has 1 unspecified atom stereocenters. The van der Waals surface area contributed by atoms with Crippen molar-refractivity contribution >= 4 is 0 Å². The molecule has 2 N–H and O–H groups in total. The average molecular weight is 145 g/mol. The minimum absolute atomic E-state index is 0.0590. The fourth-order valence-corrected chi connectivity index (χ4v) is 1.07. The summed E-state index contributed by atoms with van der Waals surface area (Å²) in [4.78, 5) is 0. The van der Waals surface area contributed by atoms with E-state index in [-0.39, 0.29) is 12.1 Å². The van der Waals surface area contributed by atoms with Crippen molar-refractivity contribution in [3.63, 3.8) is 0 Å². The first-order chi connectivity index (χ1) is 4.58. The standard InChI is InChI=1S/C8H19NO/c1-5-7(6-10)8(2,3)9-4/h7,9-10H,5-6H2,1-4H3. The van der Waals surface area contributed by atoms with Crippen molar-refractivity contribution in [2.75, 3.05) is 13.7 Å². The van der Waals surface area contributed by atoms with E-state index in [9.17, 15) is 0 Å². The zero-order valence-corrected chi connectivity index (χ0v) is 7.44. The molecule has 0 fully saturated rings. The highest BCUT2D eigenvalue weighted by molar-refractivity contribution is 4.83. The minimum atomic E-state index is 0.0590. The van der Waals surface area contributed by atoms with Gasteiger partial charge < -0.3 is 10.4 Å². The summed E-state index contributed by atoms with van der Waals surface area (Å²) in [6, 6.07) is 0. The van der Waals surface area contributed by atoms with E-state index in [0.717, 1.165) is 6.42 Å². The monoisotopic (exact) mass is 145 g/mol. The van der Waals surface area contributed by atoms with Gasteiger partial charge in [-0.05, 0) is 33.2 Å². The quantitative estimate of drug-likeness (QED) is 0.618. The fourth-order valence-electron chi connectivity index (χ4n) is 1.07. The lowest BCUT2D eigenvalue weighted by Gasteiger charge is -2.32. The summed E-state index contributed by atoms with van der Waals surface area (Å²) in [5.41, 5.74) is 0.0590. The Morgan fingerprint density at radius 2 is 2.00 bits per heavy atom. The predicted molar refractivity (Wildman–Crippen MR) is 44.0 cm³/mol. The van der Waals surface area contributed by atoms with Crippen LogP contribution in [0.1, 0.15) is 27.2 Å². The van der Waals surface area contributed by atoms with Gasteiger partial charge in [-0.25, -0.2) is 0 Å². The van der Waals surface area contributed by atoms with Gasteiger partial charge in [0, 0.05) is 12.1 Å². The Morgan fingerprint density at radius 1 is 1.50 bits per heavy atom. The molecule has 0 rings (SSSR count). The summed E-state index contributed by atoms with van der Waals surface area (Å²) < 4.78 is 0. The smallest absolute Gasteiger partial charge is 0.0476 e. The van der Waals surface area contributed by atoms with Gasteiger partial charge in [-0.1, -0.05) is 6.92 Å². The van der Waals surface area contributed by atoms with Crippen LogP contribution in [0.4, 0.5) is 0 Å². The summed E-state index contributed by atoms with van der Waals surface area (Å²) in [6.45, 7) is 6.58. The number of rotatable bonds is 4. The molecule has 0 aliphatic rings. The van der Waals surface area contributed by atoms with Crippen molar-refractivity contribution in [2.24, 2.45) is 5.92 Å². The van der Waals surface area contributed by atoms with Crippen molar-refractivity contribution in [3.05, 3.63) is 0 Å². The molecule has 62 valence electrons. The third-order valence-electron chi connectivity index (χ3n) is 2.38. The zero-order valence-electron chi connectivity index (χ0n) is 7.44. The van der Waals surface area contributed by atoms with E-state index in [1.54, 1.807) is 0 Å². The second-order valence-corrected chi connectivity index (χ2v) is 3.26. The highest BCUT2D eigenvalue weighted by atomic mass is 16.3. The van der Waals surface area contributed by atoms with Crippen LogP contribution in [0.25, 0.3) is 0 Å². The van der Waals surface area contributed by atoms with Crippen LogP contribution in [0.5, 0.6) is 0 Å². The van der Waals surface area contributed by atoms with E-state index >= 15 is 0 Å². The summed E-state index contributed by atoms with van der Waals surface area (Å²) in [6.07, 6.45) is 1.02. The fraction of sp³-hybridized carbons (Fsp3) is 1.00. The van der Waals surface area contributed by atoms with E-state index in [4.69, 9.17) is 5.11 Å². The molecule has 0 aliphatic carbocycles. The topological polar surface area (TPSA) is 32.3 Å². The van der Waals surface area contributed by atoms with E-state index in [1.165, 1.54) is 0 Å². The maximum Gasteiger partial charge on any atom is 0.0476 e. The van der Waals surface area contributed by atoms with Gasteiger partial charge >= 0.3 is 0 Å². The Kier molecular flexibility index (Phi) is 3.91. The van der Waals surface area contributed by atoms with Crippen LogP contribution in [0.3, 0.4) is 0 Å². The Balaban J connectivity index is 3.97. The zero-order chi connectivity index (χ0) is 8.20. The summed E-state index contributed by atoms with van der Waals surface area (Å²) in [7, 11) is 1.93. The molecule has 0 amide bonds. The van der Waals surface area contributed by atoms with Gasteiger partial charge in [-0.2, -0.15) is 0 Å². The molecule has 2 nitrogen and oxygen atoms in total. The molecular weight excluding hydrogens is 126 g/mol. The van der Waals surface area contributed by atoms with Gasteiger partial charge in [-0.15, -0.1) is 0 Å². The first-order valence-electron chi connectivity index (χ1n) is 3.88. The lowest BCUT2D eigenvalue weighted by atomic mass is 9.86. The molecule has 0 radical (unpaired) electrons. The van der Waals surface area contributed by atoms with Crippen molar-refractivity contribution in [1.29, 1.82) is 0 Å². The first kappa shape index (κ1) is 9.92. The first-order valence-corrected chi connectivity index (χ1v) is 3.88. The summed E-state index contributed by atoms with van der Waals surface area (Å²) >= 11 is 0. The Morgan fingerprint density at radius 3 is 2.10 bits per heavy atom. The molecule has 1 atom stereocenters. The average Bonchev–Trinajstić information content (AvgIpc) is 1.90. The number of hydrogen-bond donors (Lipinski definition) is 2. The Labute approximate surface area is 63.6 Å². The van der Waals surface area contributed by atoms with Crippen LogP contribution in [0.15, 0.2) is 0 Å². The van der Waals surface area contributed by atoms with E-state index < -0.39 is 0 Å². The third-order valence-corrected chi connectivity index (χ3v) is 2.38. The van der Waals surface area contributed by atoms with Crippen LogP contribution >= 0.6 is 0 Å². The van der Waals surface area contributed by atoms with Crippen LogP contribution in [-0.2, 0) is 0 Å². The number of aliphatic hydroxyl groups is 1. The van der Waals surface area contributed by atoms with Gasteiger partial charge in [0.05, 0.1) is 0 Å². The highest BCUT2D eigenvalue weighted by Gasteiger charge is 2.24. The molecule has 0 saturated carbocycles. The maximum absolute atomic E-state index is 8.95. The van der Waals surface area contributed by atoms with Crippen molar-refractivity contribution < 1.29 is 5.11 Å². The largest absolute Gasteiger partial charge is 0.396 e. The normalized spacial score (nSPS) is 15.3. The van der Waals surface area contributed by atoms with Gasteiger partial charge in [-0.3, -0.25) is 0 Å². The van der Waals surface area contributed by atoms with Crippen molar-refractivity contribution in [1.82, 2.24) is 5.32 Å². The van der Waals surface area contributed by atoms with Gasteiger partial charge in [0.15, 0.2) is 0 Å². The van der Waals surface area contributed by atoms with Crippen LogP contribution in [0, 0.1) is 5.92 Å². The van der Waals surface area contributed by atoms with Gasteiger partial charge in [0.2, 0.25) is 0 Å². The molecule has 0 heterocycles. The lowest BCUT2D eigenvalue weighted by Crippen LogP contribution is -2.45.